The van der Waals surface area contributed by atoms with Gasteiger partial charge in [-0.25, -0.2) is 0 Å². The zero-order chi connectivity index (χ0) is 14.7. The first-order valence-corrected chi connectivity index (χ1v) is 8.12. The van der Waals surface area contributed by atoms with E-state index in [1.54, 1.807) is 0 Å². The number of hydrogen-bond acceptors (Lipinski definition) is 3. The van der Waals surface area contributed by atoms with Crippen LogP contribution in [-0.4, -0.2) is 24.1 Å². The Balaban J connectivity index is 2.04. The second kappa shape index (κ2) is 6.44. The first-order chi connectivity index (χ1) is 10.3. The van der Waals surface area contributed by atoms with Crippen LogP contribution in [0.25, 0.3) is 10.9 Å². The van der Waals surface area contributed by atoms with Crippen molar-refractivity contribution < 1.29 is 0 Å². The number of pyridine rings is 1. The maximum absolute atomic E-state index is 5.76. The smallest absolute Gasteiger partial charge is 0.0726 e. The minimum atomic E-state index is 0.668. The summed E-state index contributed by atoms with van der Waals surface area (Å²) in [5, 5.41) is 1.27. The number of aromatic nitrogens is 1. The maximum Gasteiger partial charge on any atom is 0.0726 e. The number of hydrogen-bond donors (Lipinski definition) is 1. The topological polar surface area (TPSA) is 42.1 Å². The number of benzene rings is 1. The summed E-state index contributed by atoms with van der Waals surface area (Å²) in [5.41, 5.74) is 9.30. The fraction of sp³-hybridized carbons (Fsp3) is 0.500. The molecule has 3 rings (SSSR count). The zero-order valence-corrected chi connectivity index (χ0v) is 12.9. The number of fused-ring (bicyclic) bond motifs is 1. The van der Waals surface area contributed by atoms with Gasteiger partial charge in [-0.15, -0.1) is 0 Å². The third-order valence-electron chi connectivity index (χ3n) is 4.50. The molecule has 0 radical (unpaired) electrons. The SMILES string of the molecule is Cc1cc(N(CCCN)C2CCCC2)c2ccccc2n1. The van der Waals surface area contributed by atoms with E-state index in [4.69, 9.17) is 5.73 Å². The Morgan fingerprint density at radius 3 is 2.76 bits per heavy atom. The highest BCUT2D eigenvalue weighted by atomic mass is 15.2. The number of nitrogens with zero attached hydrogens (tertiary/aromatic N) is 2. The molecule has 2 aromatic rings. The van der Waals surface area contributed by atoms with Crippen molar-refractivity contribution in [2.45, 2.75) is 45.1 Å². The van der Waals surface area contributed by atoms with Gasteiger partial charge in [-0.2, -0.15) is 0 Å². The molecule has 1 aliphatic rings. The van der Waals surface area contributed by atoms with Gasteiger partial charge in [0.1, 0.15) is 0 Å². The minimum Gasteiger partial charge on any atom is -0.368 e. The van der Waals surface area contributed by atoms with E-state index in [1.165, 1.54) is 36.8 Å². The lowest BCUT2D eigenvalue weighted by atomic mass is 10.1. The Bertz CT molecular complexity index is 602. The van der Waals surface area contributed by atoms with Gasteiger partial charge in [0.2, 0.25) is 0 Å². The van der Waals surface area contributed by atoms with Crippen molar-refractivity contribution in [1.82, 2.24) is 4.98 Å². The number of rotatable bonds is 5. The number of para-hydroxylation sites is 1. The first-order valence-electron chi connectivity index (χ1n) is 8.12. The summed E-state index contributed by atoms with van der Waals surface area (Å²) >= 11 is 0. The summed E-state index contributed by atoms with van der Waals surface area (Å²) < 4.78 is 0. The van der Waals surface area contributed by atoms with E-state index in [-0.39, 0.29) is 0 Å². The van der Waals surface area contributed by atoms with Crippen molar-refractivity contribution >= 4 is 16.6 Å². The highest BCUT2D eigenvalue weighted by molar-refractivity contribution is 5.92. The van der Waals surface area contributed by atoms with Gasteiger partial charge in [0.15, 0.2) is 0 Å². The zero-order valence-electron chi connectivity index (χ0n) is 12.9. The molecular formula is C18H25N3. The lowest BCUT2D eigenvalue weighted by molar-refractivity contribution is 0.594. The number of nitrogens with two attached hydrogens (primary N) is 1. The van der Waals surface area contributed by atoms with Crippen LogP contribution in [0.2, 0.25) is 0 Å². The highest BCUT2D eigenvalue weighted by Crippen LogP contribution is 2.33. The summed E-state index contributed by atoms with van der Waals surface area (Å²) in [6, 6.07) is 11.4. The minimum absolute atomic E-state index is 0.668. The Kier molecular flexibility index (Phi) is 4.39. The van der Waals surface area contributed by atoms with Crippen LogP contribution in [0.3, 0.4) is 0 Å². The maximum atomic E-state index is 5.76. The van der Waals surface area contributed by atoms with Crippen molar-refractivity contribution in [3.63, 3.8) is 0 Å². The molecule has 1 aliphatic carbocycles. The van der Waals surface area contributed by atoms with Gasteiger partial charge in [0.05, 0.1) is 5.52 Å². The van der Waals surface area contributed by atoms with Gasteiger partial charge in [0.25, 0.3) is 0 Å². The van der Waals surface area contributed by atoms with Crippen LogP contribution < -0.4 is 10.6 Å². The quantitative estimate of drug-likeness (QED) is 0.911. The van der Waals surface area contributed by atoms with Crippen molar-refractivity contribution in [2.75, 3.05) is 18.0 Å². The van der Waals surface area contributed by atoms with Gasteiger partial charge in [-0.3, -0.25) is 4.98 Å². The molecule has 0 saturated heterocycles. The normalized spacial score (nSPS) is 15.7. The molecule has 1 aromatic carbocycles. The monoisotopic (exact) mass is 283 g/mol. The molecule has 21 heavy (non-hydrogen) atoms. The van der Waals surface area contributed by atoms with E-state index < -0.39 is 0 Å². The molecule has 0 unspecified atom stereocenters. The molecule has 0 atom stereocenters. The molecule has 1 aromatic heterocycles. The van der Waals surface area contributed by atoms with Gasteiger partial charge >= 0.3 is 0 Å². The molecule has 0 bridgehead atoms. The third kappa shape index (κ3) is 3.03. The lowest BCUT2D eigenvalue weighted by Crippen LogP contribution is -2.35. The fourth-order valence-corrected chi connectivity index (χ4v) is 3.50. The molecule has 1 heterocycles. The Hall–Kier alpha value is -1.61. The van der Waals surface area contributed by atoms with E-state index in [0.717, 1.165) is 30.7 Å². The van der Waals surface area contributed by atoms with Crippen molar-refractivity contribution in [3.05, 3.63) is 36.0 Å². The Labute approximate surface area is 127 Å². The number of anilines is 1. The second-order valence-corrected chi connectivity index (χ2v) is 6.07. The summed E-state index contributed by atoms with van der Waals surface area (Å²) in [7, 11) is 0. The van der Waals surface area contributed by atoms with Gasteiger partial charge in [-0.05, 0) is 44.9 Å². The van der Waals surface area contributed by atoms with E-state index in [0.29, 0.717) is 6.04 Å². The summed E-state index contributed by atoms with van der Waals surface area (Å²) in [5.74, 6) is 0. The van der Waals surface area contributed by atoms with E-state index in [9.17, 15) is 0 Å². The van der Waals surface area contributed by atoms with Crippen LogP contribution in [0.15, 0.2) is 30.3 Å². The Morgan fingerprint density at radius 1 is 1.24 bits per heavy atom. The molecule has 1 saturated carbocycles. The lowest BCUT2D eigenvalue weighted by Gasteiger charge is -2.32. The summed E-state index contributed by atoms with van der Waals surface area (Å²) in [6.07, 6.45) is 6.37. The molecular weight excluding hydrogens is 258 g/mol. The van der Waals surface area contributed by atoms with Gasteiger partial charge in [-0.1, -0.05) is 31.0 Å². The average Bonchev–Trinajstić information content (AvgIpc) is 3.01. The van der Waals surface area contributed by atoms with Gasteiger partial charge in [0, 0.05) is 29.4 Å². The molecule has 0 amide bonds. The molecule has 112 valence electrons. The standard InChI is InChI=1S/C18H25N3/c1-14-13-18(16-9-4-5-10-17(16)20-14)21(12-6-11-19)15-7-2-3-8-15/h4-5,9-10,13,15H,2-3,6-8,11-12,19H2,1H3. The molecule has 2 N–H and O–H groups in total. The molecule has 0 spiro atoms. The molecule has 1 fully saturated rings. The van der Waals surface area contributed by atoms with Crippen LogP contribution >= 0.6 is 0 Å². The Morgan fingerprint density at radius 2 is 2.00 bits per heavy atom. The van der Waals surface area contributed by atoms with E-state index in [2.05, 4.69) is 47.1 Å². The van der Waals surface area contributed by atoms with E-state index >= 15 is 0 Å². The average molecular weight is 283 g/mol. The number of aryl methyl sites for hydroxylation is 1. The molecule has 3 nitrogen and oxygen atoms in total. The highest BCUT2D eigenvalue weighted by Gasteiger charge is 2.24. The first kappa shape index (κ1) is 14.3. The predicted octanol–water partition coefficient (Wildman–Crippen LogP) is 3.64. The summed E-state index contributed by atoms with van der Waals surface area (Å²) in [4.78, 5) is 7.27. The third-order valence-corrected chi connectivity index (χ3v) is 4.50. The van der Waals surface area contributed by atoms with Crippen LogP contribution in [0.1, 0.15) is 37.8 Å². The molecule has 3 heteroatoms. The summed E-state index contributed by atoms with van der Waals surface area (Å²) in [6.45, 7) is 3.89. The van der Waals surface area contributed by atoms with Gasteiger partial charge < -0.3 is 10.6 Å². The second-order valence-electron chi connectivity index (χ2n) is 6.07. The van der Waals surface area contributed by atoms with Crippen LogP contribution in [0, 0.1) is 6.92 Å². The predicted molar refractivity (Wildman–Crippen MR) is 89.8 cm³/mol. The van der Waals surface area contributed by atoms with Crippen molar-refractivity contribution in [2.24, 2.45) is 5.73 Å². The largest absolute Gasteiger partial charge is 0.368 e. The van der Waals surface area contributed by atoms with Crippen LogP contribution in [0.5, 0.6) is 0 Å². The van der Waals surface area contributed by atoms with Crippen molar-refractivity contribution in [3.8, 4) is 0 Å². The van der Waals surface area contributed by atoms with Crippen LogP contribution in [-0.2, 0) is 0 Å². The van der Waals surface area contributed by atoms with Crippen LogP contribution in [0.4, 0.5) is 5.69 Å². The van der Waals surface area contributed by atoms with E-state index in [1.807, 2.05) is 0 Å². The van der Waals surface area contributed by atoms with Crippen molar-refractivity contribution in [1.29, 1.82) is 0 Å². The molecule has 0 aliphatic heterocycles. The fourth-order valence-electron chi connectivity index (χ4n) is 3.50.